The zero-order valence-electron chi connectivity index (χ0n) is 11.0. The van der Waals surface area contributed by atoms with E-state index in [0.717, 1.165) is 19.3 Å². The van der Waals surface area contributed by atoms with Crippen molar-refractivity contribution in [2.24, 2.45) is 5.92 Å². The fourth-order valence-corrected chi connectivity index (χ4v) is 1.71. The molecule has 0 saturated carbocycles. The van der Waals surface area contributed by atoms with E-state index in [1.54, 1.807) is 0 Å². The fourth-order valence-electron chi connectivity index (χ4n) is 1.71. The molecule has 1 aromatic rings. The average molecular weight is 268 g/mol. The molecule has 0 N–H and O–H groups in total. The van der Waals surface area contributed by atoms with Crippen LogP contribution >= 0.6 is 0 Å². The fraction of sp³-hybridized carbons (Fsp3) is 0.467. The van der Waals surface area contributed by atoms with Crippen LogP contribution in [-0.4, -0.2) is 13.2 Å². The first-order valence-electron chi connectivity index (χ1n) is 6.62. The molecule has 4 heteroatoms. The van der Waals surface area contributed by atoms with Gasteiger partial charge in [0.1, 0.15) is 0 Å². The van der Waals surface area contributed by atoms with Gasteiger partial charge in [0.15, 0.2) is 11.5 Å². The molecule has 0 radical (unpaired) electrons. The molecular weight excluding hydrogens is 250 g/mol. The first kappa shape index (κ1) is 13.8. The van der Waals surface area contributed by atoms with Crippen molar-refractivity contribution in [3.05, 3.63) is 35.9 Å². The quantitative estimate of drug-likeness (QED) is 0.547. The van der Waals surface area contributed by atoms with Crippen LogP contribution in [0.4, 0.5) is 8.78 Å². The predicted molar refractivity (Wildman–Crippen MR) is 69.5 cm³/mol. The maximum atomic E-state index is 13.7. The summed E-state index contributed by atoms with van der Waals surface area (Å²) < 4.78 is 37.9. The Balaban J connectivity index is 1.97. The van der Waals surface area contributed by atoms with Crippen LogP contribution in [-0.2, 0) is 0 Å². The van der Waals surface area contributed by atoms with Crippen molar-refractivity contribution in [1.29, 1.82) is 0 Å². The lowest BCUT2D eigenvalue weighted by Crippen LogP contribution is -2.14. The van der Waals surface area contributed by atoms with E-state index in [4.69, 9.17) is 9.47 Å². The van der Waals surface area contributed by atoms with E-state index in [1.807, 2.05) is 19.1 Å². The number of benzene rings is 1. The SMILES string of the molecule is CCCCOc1ccc(OCC2C=CC2)c(F)c1F. The molecule has 0 saturated heterocycles. The number of allylic oxidation sites excluding steroid dienone is 1. The standard InChI is InChI=1S/C15H18F2O2/c1-2-3-9-18-12-7-8-13(15(17)14(12)16)19-10-11-5-4-6-11/h4-5,7-8,11H,2-3,6,9-10H2,1H3. The smallest absolute Gasteiger partial charge is 0.204 e. The van der Waals surface area contributed by atoms with Crippen molar-refractivity contribution in [2.75, 3.05) is 13.2 Å². The van der Waals surface area contributed by atoms with Gasteiger partial charge < -0.3 is 9.47 Å². The molecule has 2 nitrogen and oxygen atoms in total. The Kier molecular flexibility index (Phi) is 4.77. The predicted octanol–water partition coefficient (Wildman–Crippen LogP) is 4.10. The normalized spacial score (nSPS) is 17.1. The van der Waals surface area contributed by atoms with Crippen LogP contribution in [0.25, 0.3) is 0 Å². The molecule has 0 fully saturated rings. The lowest BCUT2D eigenvalue weighted by molar-refractivity contribution is 0.246. The maximum Gasteiger partial charge on any atom is 0.204 e. The van der Waals surface area contributed by atoms with Gasteiger partial charge >= 0.3 is 0 Å². The van der Waals surface area contributed by atoms with E-state index >= 15 is 0 Å². The second-order valence-corrected chi connectivity index (χ2v) is 4.63. The number of unbranched alkanes of at least 4 members (excludes halogenated alkanes) is 1. The summed E-state index contributed by atoms with van der Waals surface area (Å²) in [6.45, 7) is 2.77. The van der Waals surface area contributed by atoms with Gasteiger partial charge in [-0.15, -0.1) is 0 Å². The Morgan fingerprint density at radius 3 is 2.32 bits per heavy atom. The number of hydrogen-bond donors (Lipinski definition) is 0. The van der Waals surface area contributed by atoms with Crippen molar-refractivity contribution < 1.29 is 18.3 Å². The van der Waals surface area contributed by atoms with Crippen LogP contribution < -0.4 is 9.47 Å². The first-order chi connectivity index (χ1) is 9.22. The van der Waals surface area contributed by atoms with Crippen LogP contribution in [0.1, 0.15) is 26.2 Å². The first-order valence-corrected chi connectivity index (χ1v) is 6.62. The second kappa shape index (κ2) is 6.55. The minimum atomic E-state index is -0.975. The van der Waals surface area contributed by atoms with Crippen molar-refractivity contribution in [1.82, 2.24) is 0 Å². The van der Waals surface area contributed by atoms with Gasteiger partial charge in [-0.3, -0.25) is 0 Å². The average Bonchev–Trinajstić information content (AvgIpc) is 2.35. The summed E-state index contributed by atoms with van der Waals surface area (Å²) in [5.41, 5.74) is 0. The Labute approximate surface area is 112 Å². The van der Waals surface area contributed by atoms with Crippen LogP contribution in [0.5, 0.6) is 11.5 Å². The molecule has 2 rings (SSSR count). The molecule has 0 aliphatic heterocycles. The summed E-state index contributed by atoms with van der Waals surface area (Å²) in [4.78, 5) is 0. The van der Waals surface area contributed by atoms with Crippen molar-refractivity contribution in [2.45, 2.75) is 26.2 Å². The van der Waals surface area contributed by atoms with Crippen LogP contribution in [0, 0.1) is 17.6 Å². The molecule has 0 spiro atoms. The minimum Gasteiger partial charge on any atom is -0.490 e. The lowest BCUT2D eigenvalue weighted by Gasteiger charge is -2.18. The Hall–Kier alpha value is -1.58. The molecule has 1 aliphatic carbocycles. The van der Waals surface area contributed by atoms with Gasteiger partial charge in [0.05, 0.1) is 13.2 Å². The monoisotopic (exact) mass is 268 g/mol. The van der Waals surface area contributed by atoms with E-state index in [0.29, 0.717) is 19.1 Å². The highest BCUT2D eigenvalue weighted by Gasteiger charge is 2.17. The summed E-state index contributed by atoms with van der Waals surface area (Å²) in [5.74, 6) is -1.75. The Bertz CT molecular complexity index is 458. The number of hydrogen-bond acceptors (Lipinski definition) is 2. The largest absolute Gasteiger partial charge is 0.490 e. The molecule has 1 aromatic carbocycles. The van der Waals surface area contributed by atoms with Gasteiger partial charge in [0, 0.05) is 5.92 Å². The van der Waals surface area contributed by atoms with Crippen LogP contribution in [0.15, 0.2) is 24.3 Å². The molecule has 0 heterocycles. The second-order valence-electron chi connectivity index (χ2n) is 4.63. The molecule has 1 unspecified atom stereocenters. The number of ether oxygens (including phenoxy) is 2. The minimum absolute atomic E-state index is 0.0539. The van der Waals surface area contributed by atoms with Gasteiger partial charge in [0.2, 0.25) is 11.6 Å². The number of halogens is 2. The van der Waals surface area contributed by atoms with Crippen LogP contribution in [0.3, 0.4) is 0 Å². The van der Waals surface area contributed by atoms with Crippen molar-refractivity contribution in [3.63, 3.8) is 0 Å². The third-order valence-electron chi connectivity index (χ3n) is 3.07. The van der Waals surface area contributed by atoms with Gasteiger partial charge in [-0.05, 0) is 25.0 Å². The maximum absolute atomic E-state index is 13.7. The van der Waals surface area contributed by atoms with E-state index < -0.39 is 11.6 Å². The third kappa shape index (κ3) is 3.46. The Morgan fingerprint density at radius 1 is 1.16 bits per heavy atom. The molecule has 104 valence electrons. The lowest BCUT2D eigenvalue weighted by atomic mass is 9.97. The van der Waals surface area contributed by atoms with Gasteiger partial charge in [-0.1, -0.05) is 25.5 Å². The summed E-state index contributed by atoms with van der Waals surface area (Å²) >= 11 is 0. The van der Waals surface area contributed by atoms with Crippen molar-refractivity contribution >= 4 is 0 Å². The summed E-state index contributed by atoms with van der Waals surface area (Å²) in [5, 5.41) is 0. The van der Waals surface area contributed by atoms with E-state index in [-0.39, 0.29) is 11.5 Å². The Morgan fingerprint density at radius 2 is 1.79 bits per heavy atom. The van der Waals surface area contributed by atoms with E-state index in [1.165, 1.54) is 12.1 Å². The van der Waals surface area contributed by atoms with Gasteiger partial charge in [-0.25, -0.2) is 0 Å². The highest BCUT2D eigenvalue weighted by Crippen LogP contribution is 2.28. The van der Waals surface area contributed by atoms with Gasteiger partial charge in [-0.2, -0.15) is 8.78 Å². The molecule has 0 bridgehead atoms. The highest BCUT2D eigenvalue weighted by molar-refractivity contribution is 5.35. The molecule has 19 heavy (non-hydrogen) atoms. The third-order valence-corrected chi connectivity index (χ3v) is 3.07. The van der Waals surface area contributed by atoms with E-state index in [2.05, 4.69) is 0 Å². The molecule has 0 amide bonds. The van der Waals surface area contributed by atoms with E-state index in [9.17, 15) is 8.78 Å². The highest BCUT2D eigenvalue weighted by atomic mass is 19.2. The van der Waals surface area contributed by atoms with Crippen LogP contribution in [0.2, 0.25) is 0 Å². The number of rotatable bonds is 7. The van der Waals surface area contributed by atoms with Gasteiger partial charge in [0.25, 0.3) is 0 Å². The summed E-state index contributed by atoms with van der Waals surface area (Å²) in [6.07, 6.45) is 6.71. The molecule has 1 atom stereocenters. The summed E-state index contributed by atoms with van der Waals surface area (Å²) in [7, 11) is 0. The topological polar surface area (TPSA) is 18.5 Å². The summed E-state index contributed by atoms with van der Waals surface area (Å²) in [6, 6.07) is 2.84. The molecular formula is C15H18F2O2. The molecule has 1 aliphatic rings. The zero-order chi connectivity index (χ0) is 13.7. The van der Waals surface area contributed by atoms with Crippen molar-refractivity contribution in [3.8, 4) is 11.5 Å². The zero-order valence-corrected chi connectivity index (χ0v) is 11.0. The molecule has 0 aromatic heterocycles.